The molecule has 8 heteroatoms. The Morgan fingerprint density at radius 3 is 2.61 bits per heavy atom. The smallest absolute Gasteiger partial charge is 0.189 e. The van der Waals surface area contributed by atoms with Crippen molar-refractivity contribution in [1.29, 1.82) is 0 Å². The molecule has 2 aromatic carbocycles. The Morgan fingerprint density at radius 2 is 1.86 bits per heavy atom. The standard InChI is InChI=1S/C20H20N6OS/c1-12-4-3-5-15-17(12)25-20(28-15)26-19-16(21)18(23-11-24-19)22-10-13-6-8-14(27-2)9-7-13/h3-9,11H,10,21H2,1-2H3,(H2,22,23,24,25,26). The van der Waals surface area contributed by atoms with Crippen molar-refractivity contribution in [3.63, 3.8) is 0 Å². The molecule has 0 radical (unpaired) electrons. The summed E-state index contributed by atoms with van der Waals surface area (Å²) in [4.78, 5) is 13.2. The lowest BCUT2D eigenvalue weighted by molar-refractivity contribution is 0.414. The first kappa shape index (κ1) is 18.0. The highest BCUT2D eigenvalue weighted by molar-refractivity contribution is 7.22. The Bertz CT molecular complexity index is 1110. The summed E-state index contributed by atoms with van der Waals surface area (Å²) in [5.41, 5.74) is 9.94. The summed E-state index contributed by atoms with van der Waals surface area (Å²) in [5.74, 6) is 1.93. The molecular weight excluding hydrogens is 372 g/mol. The Morgan fingerprint density at radius 1 is 1.07 bits per heavy atom. The van der Waals surface area contributed by atoms with Crippen LogP contribution < -0.4 is 21.1 Å². The van der Waals surface area contributed by atoms with Gasteiger partial charge in [-0.05, 0) is 36.2 Å². The van der Waals surface area contributed by atoms with Gasteiger partial charge in [0.25, 0.3) is 0 Å². The van der Waals surface area contributed by atoms with Gasteiger partial charge in [-0.3, -0.25) is 0 Å². The number of aromatic nitrogens is 3. The average Bonchev–Trinajstić information content (AvgIpc) is 3.13. The van der Waals surface area contributed by atoms with Gasteiger partial charge < -0.3 is 21.1 Å². The van der Waals surface area contributed by atoms with Crippen LogP contribution in [0.15, 0.2) is 48.8 Å². The Kier molecular flexibility index (Phi) is 4.94. The van der Waals surface area contributed by atoms with Gasteiger partial charge in [-0.1, -0.05) is 35.6 Å². The van der Waals surface area contributed by atoms with Gasteiger partial charge in [0.15, 0.2) is 16.8 Å². The van der Waals surface area contributed by atoms with Crippen molar-refractivity contribution in [3.05, 3.63) is 59.9 Å². The third-order valence-electron chi connectivity index (χ3n) is 4.35. The average molecular weight is 392 g/mol. The molecule has 0 saturated heterocycles. The van der Waals surface area contributed by atoms with Gasteiger partial charge in [0.05, 0.1) is 17.3 Å². The third-order valence-corrected chi connectivity index (χ3v) is 5.29. The molecule has 2 heterocycles. The van der Waals surface area contributed by atoms with Gasteiger partial charge in [-0.15, -0.1) is 0 Å². The lowest BCUT2D eigenvalue weighted by Crippen LogP contribution is -2.08. The maximum absolute atomic E-state index is 6.27. The molecule has 4 rings (SSSR count). The summed E-state index contributed by atoms with van der Waals surface area (Å²) < 4.78 is 6.30. The molecule has 4 aromatic rings. The quantitative estimate of drug-likeness (QED) is 0.449. The highest BCUT2D eigenvalue weighted by Gasteiger charge is 2.11. The molecule has 142 valence electrons. The summed E-state index contributed by atoms with van der Waals surface area (Å²) >= 11 is 1.56. The monoisotopic (exact) mass is 392 g/mol. The van der Waals surface area contributed by atoms with E-state index >= 15 is 0 Å². The van der Waals surface area contributed by atoms with Crippen LogP contribution >= 0.6 is 11.3 Å². The van der Waals surface area contributed by atoms with E-state index < -0.39 is 0 Å². The largest absolute Gasteiger partial charge is 0.497 e. The van der Waals surface area contributed by atoms with Crippen molar-refractivity contribution in [2.45, 2.75) is 13.5 Å². The molecule has 0 aliphatic heterocycles. The van der Waals surface area contributed by atoms with Crippen LogP contribution in [-0.4, -0.2) is 22.1 Å². The van der Waals surface area contributed by atoms with Crippen LogP contribution in [0.3, 0.4) is 0 Å². The second-order valence-electron chi connectivity index (χ2n) is 6.25. The fourth-order valence-electron chi connectivity index (χ4n) is 2.81. The van der Waals surface area contributed by atoms with Crippen molar-refractivity contribution in [2.75, 3.05) is 23.5 Å². The molecule has 4 N–H and O–H groups in total. The third kappa shape index (κ3) is 3.67. The minimum Gasteiger partial charge on any atom is -0.497 e. The SMILES string of the molecule is COc1ccc(CNc2ncnc(Nc3nc4c(C)cccc4s3)c2N)cc1. The number of anilines is 4. The topological polar surface area (TPSA) is 98.0 Å². The van der Waals surface area contributed by atoms with Crippen molar-refractivity contribution >= 4 is 44.0 Å². The highest BCUT2D eigenvalue weighted by Crippen LogP contribution is 2.32. The number of para-hydroxylation sites is 1. The summed E-state index contributed by atoms with van der Waals surface area (Å²) in [6, 6.07) is 13.9. The number of thiazole rings is 1. The molecule has 0 bridgehead atoms. The zero-order chi connectivity index (χ0) is 19.5. The molecule has 0 spiro atoms. The molecule has 0 aliphatic carbocycles. The van der Waals surface area contributed by atoms with Crippen LogP contribution in [0, 0.1) is 6.92 Å². The van der Waals surface area contributed by atoms with E-state index in [1.165, 1.54) is 6.33 Å². The number of methoxy groups -OCH3 is 1. The molecule has 0 aliphatic rings. The second-order valence-corrected chi connectivity index (χ2v) is 7.28. The molecule has 7 nitrogen and oxygen atoms in total. The van der Waals surface area contributed by atoms with E-state index in [4.69, 9.17) is 10.5 Å². The number of hydrogen-bond donors (Lipinski definition) is 3. The van der Waals surface area contributed by atoms with Crippen molar-refractivity contribution in [2.24, 2.45) is 0 Å². The minimum absolute atomic E-state index is 0.451. The Labute approximate surface area is 166 Å². The van der Waals surface area contributed by atoms with Crippen LogP contribution in [0.5, 0.6) is 5.75 Å². The lowest BCUT2D eigenvalue weighted by Gasteiger charge is -2.11. The van der Waals surface area contributed by atoms with Gasteiger partial charge >= 0.3 is 0 Å². The van der Waals surface area contributed by atoms with Crippen molar-refractivity contribution in [3.8, 4) is 5.75 Å². The van der Waals surface area contributed by atoms with E-state index in [1.807, 2.05) is 43.3 Å². The van der Waals surface area contributed by atoms with Crippen molar-refractivity contribution < 1.29 is 4.74 Å². The number of nitrogens with two attached hydrogens (primary N) is 1. The zero-order valence-electron chi connectivity index (χ0n) is 15.6. The van der Waals surface area contributed by atoms with Gasteiger partial charge in [0.1, 0.15) is 17.8 Å². The van der Waals surface area contributed by atoms with Gasteiger partial charge in [0.2, 0.25) is 0 Å². The summed E-state index contributed by atoms with van der Waals surface area (Å²) in [7, 11) is 1.65. The number of nitrogens with zero attached hydrogens (tertiary/aromatic N) is 3. The number of benzene rings is 2. The van der Waals surface area contributed by atoms with Gasteiger partial charge in [-0.2, -0.15) is 0 Å². The summed E-state index contributed by atoms with van der Waals surface area (Å²) in [6.07, 6.45) is 1.48. The molecule has 2 aromatic heterocycles. The van der Waals surface area contributed by atoms with Crippen LogP contribution in [0.25, 0.3) is 10.2 Å². The fourth-order valence-corrected chi connectivity index (χ4v) is 3.75. The maximum atomic E-state index is 6.27. The molecule has 0 amide bonds. The normalized spacial score (nSPS) is 10.8. The number of fused-ring (bicyclic) bond motifs is 1. The van der Waals surface area contributed by atoms with Crippen LogP contribution in [0.1, 0.15) is 11.1 Å². The number of aryl methyl sites for hydroxylation is 1. The summed E-state index contributed by atoms with van der Waals surface area (Å²) in [5, 5.41) is 7.22. The number of nitrogens with one attached hydrogen (secondary N) is 2. The zero-order valence-corrected chi connectivity index (χ0v) is 16.4. The first-order valence-electron chi connectivity index (χ1n) is 8.74. The maximum Gasteiger partial charge on any atom is 0.189 e. The van der Waals surface area contributed by atoms with E-state index in [0.29, 0.717) is 23.9 Å². The van der Waals surface area contributed by atoms with E-state index in [1.54, 1.807) is 18.4 Å². The van der Waals surface area contributed by atoms with Crippen LogP contribution in [0.4, 0.5) is 22.5 Å². The molecule has 28 heavy (non-hydrogen) atoms. The predicted octanol–water partition coefficient (Wildman–Crippen LogP) is 4.34. The number of ether oxygens (including phenoxy) is 1. The first-order valence-corrected chi connectivity index (χ1v) is 9.56. The van der Waals surface area contributed by atoms with E-state index in [0.717, 1.165) is 32.2 Å². The van der Waals surface area contributed by atoms with Crippen LogP contribution in [-0.2, 0) is 6.54 Å². The molecule has 0 fully saturated rings. The highest BCUT2D eigenvalue weighted by atomic mass is 32.1. The molecule has 0 saturated carbocycles. The number of hydrogen-bond acceptors (Lipinski definition) is 8. The van der Waals surface area contributed by atoms with Gasteiger partial charge in [0, 0.05) is 6.54 Å². The molecular formula is C20H20N6OS. The Hall–Kier alpha value is -3.39. The van der Waals surface area contributed by atoms with Crippen LogP contribution in [0.2, 0.25) is 0 Å². The number of rotatable bonds is 6. The summed E-state index contributed by atoms with van der Waals surface area (Å²) in [6.45, 7) is 2.64. The number of nitrogen functional groups attached to an aromatic ring is 1. The van der Waals surface area contributed by atoms with Crippen molar-refractivity contribution in [1.82, 2.24) is 15.0 Å². The minimum atomic E-state index is 0.451. The Balaban J connectivity index is 1.51. The lowest BCUT2D eigenvalue weighted by atomic mass is 10.2. The molecule has 0 atom stereocenters. The van der Waals surface area contributed by atoms with E-state index in [-0.39, 0.29) is 0 Å². The predicted molar refractivity (Wildman–Crippen MR) is 114 cm³/mol. The molecule has 0 unspecified atom stereocenters. The first-order chi connectivity index (χ1) is 13.6. The second kappa shape index (κ2) is 7.69. The van der Waals surface area contributed by atoms with E-state index in [9.17, 15) is 0 Å². The fraction of sp³-hybridized carbons (Fsp3) is 0.150. The van der Waals surface area contributed by atoms with E-state index in [2.05, 4.69) is 31.7 Å². The van der Waals surface area contributed by atoms with Gasteiger partial charge in [-0.25, -0.2) is 15.0 Å².